The van der Waals surface area contributed by atoms with Crippen LogP contribution in [0.25, 0.3) is 0 Å². The smallest absolute Gasteiger partial charge is 0.331 e. The van der Waals surface area contributed by atoms with Crippen LogP contribution < -0.4 is 0 Å². The van der Waals surface area contributed by atoms with Gasteiger partial charge in [0.25, 0.3) is 0 Å². The molecule has 0 spiro atoms. The molecule has 0 radical (unpaired) electrons. The highest BCUT2D eigenvalue weighted by molar-refractivity contribution is 5.71. The van der Waals surface area contributed by atoms with Crippen LogP contribution in [0.3, 0.4) is 0 Å². The van der Waals surface area contributed by atoms with E-state index < -0.39 is 48.3 Å². The zero-order valence-electron chi connectivity index (χ0n) is 13.7. The van der Waals surface area contributed by atoms with E-state index in [1.54, 1.807) is 0 Å². The minimum atomic E-state index is -1.14. The Kier molecular flexibility index (Phi) is 7.31. The van der Waals surface area contributed by atoms with Gasteiger partial charge in [-0.3, -0.25) is 14.4 Å². The Hall–Kier alpha value is -2.49. The van der Waals surface area contributed by atoms with Gasteiger partial charge < -0.3 is 23.8 Å². The number of nitrogens with zero attached hydrogens (tertiary/aromatic N) is 1. The Morgan fingerprint density at radius 1 is 0.875 bits per heavy atom. The van der Waals surface area contributed by atoms with Crippen molar-refractivity contribution in [3.63, 3.8) is 0 Å². The summed E-state index contributed by atoms with van der Waals surface area (Å²) in [5.74, 6) is -2.60. The van der Waals surface area contributed by atoms with Gasteiger partial charge in [-0.25, -0.2) is 4.79 Å². The quantitative estimate of drug-likeness (QED) is 0.217. The van der Waals surface area contributed by atoms with Gasteiger partial charge in [0, 0.05) is 27.7 Å². The lowest BCUT2D eigenvalue weighted by molar-refractivity contribution is -0.215. The first kappa shape index (κ1) is 19.6. The van der Waals surface area contributed by atoms with Crippen LogP contribution in [0, 0.1) is 0 Å². The molecule has 1 fully saturated rings. The summed E-state index contributed by atoms with van der Waals surface area (Å²) in [5.41, 5.74) is 0. The fourth-order valence-corrected chi connectivity index (χ4v) is 2.06. The minimum Gasteiger partial charge on any atom is -0.456 e. The first-order valence-corrected chi connectivity index (χ1v) is 7.05. The van der Waals surface area contributed by atoms with Crippen LogP contribution in [0.1, 0.15) is 27.7 Å². The Labute approximate surface area is 138 Å². The zero-order valence-corrected chi connectivity index (χ0v) is 13.7. The van der Waals surface area contributed by atoms with Gasteiger partial charge in [0.2, 0.25) is 0 Å². The highest BCUT2D eigenvalue weighted by atomic mass is 16.7. The van der Waals surface area contributed by atoms with E-state index in [1.807, 2.05) is 0 Å². The maximum atomic E-state index is 11.3. The van der Waals surface area contributed by atoms with Crippen LogP contribution in [0.5, 0.6) is 0 Å². The molecule has 0 N–H and O–H groups in total. The second-order valence-electron chi connectivity index (χ2n) is 4.93. The van der Waals surface area contributed by atoms with Gasteiger partial charge in [-0.2, -0.15) is 0 Å². The molecule has 0 aromatic carbocycles. The fourth-order valence-electron chi connectivity index (χ4n) is 2.06. The summed E-state index contributed by atoms with van der Waals surface area (Å²) in [6, 6.07) is 0. The molecule has 1 aliphatic heterocycles. The molecule has 0 saturated carbocycles. The molecule has 10 heteroatoms. The predicted molar refractivity (Wildman–Crippen MR) is 76.7 cm³/mol. The van der Waals surface area contributed by atoms with Crippen LogP contribution in [-0.2, 0) is 43.0 Å². The van der Waals surface area contributed by atoms with Gasteiger partial charge in [0.15, 0.2) is 18.3 Å². The molecule has 1 aliphatic rings. The molecule has 0 unspecified atom stereocenters. The summed E-state index contributed by atoms with van der Waals surface area (Å²) < 4.78 is 20.7. The van der Waals surface area contributed by atoms with E-state index in [-0.39, 0.29) is 6.61 Å². The normalized spacial score (nSPS) is 26.5. The molecule has 134 valence electrons. The molecular formula is C14H19NO9. The molecule has 0 amide bonds. The highest BCUT2D eigenvalue weighted by Gasteiger charge is 2.46. The largest absolute Gasteiger partial charge is 0.456 e. The van der Waals surface area contributed by atoms with Crippen LogP contribution in [0.4, 0.5) is 0 Å². The number of oxime groups is 1. The number of hydrogen-bond donors (Lipinski definition) is 0. The molecular weight excluding hydrogens is 326 g/mol. The average molecular weight is 345 g/mol. The van der Waals surface area contributed by atoms with Gasteiger partial charge in [-0.1, -0.05) is 5.16 Å². The molecule has 1 saturated heterocycles. The first-order valence-electron chi connectivity index (χ1n) is 7.05. The maximum Gasteiger partial charge on any atom is 0.331 e. The van der Waals surface area contributed by atoms with Gasteiger partial charge in [-0.15, -0.1) is 0 Å². The maximum absolute atomic E-state index is 11.3. The highest BCUT2D eigenvalue weighted by Crippen LogP contribution is 2.23. The van der Waals surface area contributed by atoms with E-state index in [4.69, 9.17) is 18.9 Å². The Morgan fingerprint density at radius 2 is 1.42 bits per heavy atom. The van der Waals surface area contributed by atoms with Crippen LogP contribution in [-0.4, -0.2) is 61.1 Å². The summed E-state index contributed by atoms with van der Waals surface area (Å²) in [5, 5.41) is 3.41. The molecule has 1 heterocycles. The lowest BCUT2D eigenvalue weighted by Crippen LogP contribution is -2.57. The van der Waals surface area contributed by atoms with Crippen LogP contribution in [0.2, 0.25) is 0 Å². The second-order valence-corrected chi connectivity index (χ2v) is 4.93. The summed E-state index contributed by atoms with van der Waals surface area (Å²) in [6.45, 7) is 4.51. The predicted octanol–water partition coefficient (Wildman–Crippen LogP) is -0.271. The molecule has 4 atom stereocenters. The summed E-state index contributed by atoms with van der Waals surface area (Å²) in [7, 11) is 0. The third-order valence-corrected chi connectivity index (χ3v) is 2.78. The Morgan fingerprint density at radius 3 is 1.92 bits per heavy atom. The topological polar surface area (TPSA) is 127 Å². The molecule has 1 rings (SSSR count). The molecule has 10 nitrogen and oxygen atoms in total. The summed E-state index contributed by atoms with van der Waals surface area (Å²) >= 11 is 0. The number of carbonyl (C=O) groups excluding carboxylic acids is 4. The number of rotatable bonds is 5. The average Bonchev–Trinajstić information content (AvgIpc) is 2.42. The third-order valence-electron chi connectivity index (χ3n) is 2.78. The van der Waals surface area contributed by atoms with Gasteiger partial charge in [-0.05, 0) is 0 Å². The van der Waals surface area contributed by atoms with E-state index in [9.17, 15) is 19.2 Å². The molecule has 0 aliphatic carbocycles. The van der Waals surface area contributed by atoms with Crippen molar-refractivity contribution in [1.82, 2.24) is 0 Å². The standard InChI is InChI=1S/C14H19NO9/c1-7(16)21-12-6-20-11(5-15-24-10(4)19)13(22-8(2)17)14(12)23-9(3)18/h5,11-14H,6H2,1-4H3/b15-5-/t11-,12+,13-,14-/m0/s1. The van der Waals surface area contributed by atoms with E-state index >= 15 is 0 Å². The monoisotopic (exact) mass is 345 g/mol. The number of hydrogen-bond acceptors (Lipinski definition) is 10. The van der Waals surface area contributed by atoms with Gasteiger partial charge in [0.1, 0.15) is 6.10 Å². The molecule has 0 bridgehead atoms. The van der Waals surface area contributed by atoms with E-state index in [0.29, 0.717) is 0 Å². The van der Waals surface area contributed by atoms with E-state index in [0.717, 1.165) is 27.0 Å². The van der Waals surface area contributed by atoms with Crippen molar-refractivity contribution in [1.29, 1.82) is 0 Å². The third kappa shape index (κ3) is 6.32. The van der Waals surface area contributed by atoms with Crippen molar-refractivity contribution < 1.29 is 43.0 Å². The number of ether oxygens (including phenoxy) is 4. The first-order chi connectivity index (χ1) is 11.2. The van der Waals surface area contributed by atoms with Crippen LogP contribution in [0.15, 0.2) is 5.16 Å². The fraction of sp³-hybridized carbons (Fsp3) is 0.643. The van der Waals surface area contributed by atoms with Crippen molar-refractivity contribution in [3.8, 4) is 0 Å². The molecule has 24 heavy (non-hydrogen) atoms. The van der Waals surface area contributed by atoms with Crippen molar-refractivity contribution in [2.24, 2.45) is 5.16 Å². The second kappa shape index (κ2) is 8.96. The molecule has 0 aromatic rings. The van der Waals surface area contributed by atoms with Crippen molar-refractivity contribution in [2.45, 2.75) is 52.1 Å². The lowest BCUT2D eigenvalue weighted by Gasteiger charge is -2.39. The SMILES string of the molecule is CC(=O)O/N=C\[C@@H]1OC[C@@H](OC(C)=O)[C@H](OC(C)=O)[C@H]1OC(C)=O. The van der Waals surface area contributed by atoms with E-state index in [1.165, 1.54) is 6.92 Å². The van der Waals surface area contributed by atoms with Gasteiger partial charge >= 0.3 is 23.9 Å². The van der Waals surface area contributed by atoms with Crippen molar-refractivity contribution in [3.05, 3.63) is 0 Å². The molecule has 0 aromatic heterocycles. The Bertz CT molecular complexity index is 530. The Balaban J connectivity index is 3.03. The van der Waals surface area contributed by atoms with Crippen molar-refractivity contribution >= 4 is 30.1 Å². The van der Waals surface area contributed by atoms with Crippen molar-refractivity contribution in [2.75, 3.05) is 6.61 Å². The van der Waals surface area contributed by atoms with Crippen LogP contribution >= 0.6 is 0 Å². The van der Waals surface area contributed by atoms with E-state index in [2.05, 4.69) is 9.99 Å². The zero-order chi connectivity index (χ0) is 18.3. The minimum absolute atomic E-state index is 0.133. The number of carbonyl (C=O) groups is 4. The number of esters is 3. The lowest BCUT2D eigenvalue weighted by atomic mass is 10.00. The summed E-state index contributed by atoms with van der Waals surface area (Å²) in [4.78, 5) is 49.0. The van der Waals surface area contributed by atoms with Gasteiger partial charge in [0.05, 0.1) is 12.8 Å². The summed E-state index contributed by atoms with van der Waals surface area (Å²) in [6.07, 6.45) is -3.07.